The van der Waals surface area contributed by atoms with Crippen molar-refractivity contribution >= 4 is 44.4 Å². The van der Waals surface area contributed by atoms with Crippen molar-refractivity contribution in [3.63, 3.8) is 0 Å². The first-order valence-electron chi connectivity index (χ1n) is 17.4. The number of carbonyl (C=O) groups excluding carboxylic acids is 2. The fraction of sp³-hybridized carbons (Fsp3) is 0.256. The van der Waals surface area contributed by atoms with Crippen LogP contribution in [0.15, 0.2) is 151 Å². The van der Waals surface area contributed by atoms with Crippen molar-refractivity contribution in [2.24, 2.45) is 0 Å². The zero-order valence-corrected chi connectivity index (χ0v) is 31.3. The maximum absolute atomic E-state index is 14.7. The summed E-state index contributed by atoms with van der Waals surface area (Å²) in [7, 11) is -4.18. The van der Waals surface area contributed by atoms with E-state index in [1.165, 1.54) is 4.31 Å². The molecule has 1 amide bonds. The molecule has 1 aliphatic rings. The Morgan fingerprint density at radius 2 is 1.35 bits per heavy atom. The number of hydrogen-bond acceptors (Lipinski definition) is 6. The summed E-state index contributed by atoms with van der Waals surface area (Å²) in [4.78, 5) is 27.7. The van der Waals surface area contributed by atoms with Crippen LogP contribution < -0.4 is 5.32 Å². The molecule has 1 heterocycles. The summed E-state index contributed by atoms with van der Waals surface area (Å²) in [5.41, 5.74) is 2.32. The van der Waals surface area contributed by atoms with E-state index in [1.807, 2.05) is 78.9 Å². The smallest absolute Gasteiger partial charge is 0.329 e. The molecule has 2 unspecified atom stereocenters. The third kappa shape index (κ3) is 7.87. The summed E-state index contributed by atoms with van der Waals surface area (Å²) in [5, 5.41) is 4.21. The van der Waals surface area contributed by atoms with Crippen LogP contribution in [0.25, 0.3) is 10.8 Å². The summed E-state index contributed by atoms with van der Waals surface area (Å²) in [5.74, 6) is -1.17. The minimum Gasteiger partial charge on any atom is -0.458 e. The van der Waals surface area contributed by atoms with Crippen molar-refractivity contribution in [2.45, 2.75) is 66.2 Å². The second kappa shape index (κ2) is 15.5. The minimum absolute atomic E-state index is 0.0741. The highest BCUT2D eigenvalue weighted by atomic mass is 32.2. The van der Waals surface area contributed by atoms with Crippen LogP contribution in [0.2, 0.25) is 0 Å². The Morgan fingerprint density at radius 3 is 1.87 bits per heavy atom. The maximum atomic E-state index is 14.7. The van der Waals surface area contributed by atoms with Crippen molar-refractivity contribution in [1.82, 2.24) is 9.62 Å². The first-order valence-corrected chi connectivity index (χ1v) is 19.7. The maximum Gasteiger partial charge on any atom is 0.329 e. The number of nitrogens with zero attached hydrogens (tertiary/aromatic N) is 1. The van der Waals surface area contributed by atoms with Crippen molar-refractivity contribution in [1.29, 1.82) is 0 Å². The SMILES string of the molecule is C=CC[C@H](NC(=O)C1CC(SC(c2ccccc2)(c2ccccc2)c2ccccc2)CN1S(=O)(=O)c1ccc2ccccc2c1)C(=O)OC(C)(C)C. The van der Waals surface area contributed by atoms with E-state index in [0.29, 0.717) is 0 Å². The van der Waals surface area contributed by atoms with E-state index in [2.05, 4.69) is 48.3 Å². The van der Waals surface area contributed by atoms with Gasteiger partial charge in [0.2, 0.25) is 15.9 Å². The van der Waals surface area contributed by atoms with Crippen molar-refractivity contribution in [3.05, 3.63) is 163 Å². The van der Waals surface area contributed by atoms with Gasteiger partial charge in [-0.3, -0.25) is 4.79 Å². The van der Waals surface area contributed by atoms with Crippen LogP contribution in [0.3, 0.4) is 0 Å². The van der Waals surface area contributed by atoms with Gasteiger partial charge in [-0.1, -0.05) is 127 Å². The van der Waals surface area contributed by atoms with E-state index in [4.69, 9.17) is 4.74 Å². The molecule has 0 bridgehead atoms. The summed E-state index contributed by atoms with van der Waals surface area (Å²) in [6.07, 6.45) is 1.88. The highest BCUT2D eigenvalue weighted by molar-refractivity contribution is 8.01. The highest BCUT2D eigenvalue weighted by Gasteiger charge is 2.49. The topological polar surface area (TPSA) is 92.8 Å². The number of benzene rings is 5. The summed E-state index contributed by atoms with van der Waals surface area (Å²) >= 11 is 1.65. The van der Waals surface area contributed by atoms with Gasteiger partial charge >= 0.3 is 5.97 Å². The number of esters is 1. The number of nitrogens with one attached hydrogen (secondary N) is 1. The third-order valence-electron chi connectivity index (χ3n) is 9.14. The Balaban J connectivity index is 1.43. The lowest BCUT2D eigenvalue weighted by atomic mass is 9.84. The second-order valence-corrected chi connectivity index (χ2v) is 17.4. The van der Waals surface area contributed by atoms with Crippen LogP contribution in [0.4, 0.5) is 0 Å². The fourth-order valence-electron chi connectivity index (χ4n) is 6.82. The first kappa shape index (κ1) is 37.1. The lowest BCUT2D eigenvalue weighted by molar-refractivity contribution is -0.158. The van der Waals surface area contributed by atoms with E-state index in [1.54, 1.807) is 56.8 Å². The minimum atomic E-state index is -4.18. The van der Waals surface area contributed by atoms with Crippen LogP contribution in [0.1, 0.15) is 50.3 Å². The molecule has 1 saturated heterocycles. The normalized spacial score (nSPS) is 17.4. The second-order valence-electron chi connectivity index (χ2n) is 14.0. The van der Waals surface area contributed by atoms with Gasteiger partial charge in [0, 0.05) is 11.8 Å². The Morgan fingerprint density at radius 1 is 0.827 bits per heavy atom. The lowest BCUT2D eigenvalue weighted by Crippen LogP contribution is -2.51. The van der Waals surface area contributed by atoms with E-state index in [9.17, 15) is 18.0 Å². The Hall–Kier alpha value is -4.70. The number of ether oxygens (including phenoxy) is 1. The Kier molecular flexibility index (Phi) is 11.0. The number of carbonyl (C=O) groups is 2. The van der Waals surface area contributed by atoms with Crippen LogP contribution in [-0.4, -0.2) is 54.1 Å². The van der Waals surface area contributed by atoms with E-state index >= 15 is 0 Å². The summed E-state index contributed by atoms with van der Waals surface area (Å²) < 4.78 is 35.5. The molecule has 1 N–H and O–H groups in total. The molecule has 0 aliphatic carbocycles. The number of amides is 1. The predicted molar refractivity (Wildman–Crippen MR) is 209 cm³/mol. The molecule has 1 fully saturated rings. The molecule has 5 aromatic rings. The lowest BCUT2D eigenvalue weighted by Gasteiger charge is -2.37. The molecule has 3 atom stereocenters. The van der Waals surface area contributed by atoms with Crippen molar-refractivity contribution in [2.75, 3.05) is 6.54 Å². The number of sulfonamides is 1. The number of hydrogen-bond donors (Lipinski definition) is 1. The van der Waals surface area contributed by atoms with Gasteiger partial charge in [-0.05, 0) is 73.2 Å². The quantitative estimate of drug-likeness (QED) is 0.0792. The first-order chi connectivity index (χ1) is 24.9. The zero-order chi connectivity index (χ0) is 36.9. The molecular weight excluding hydrogens is 689 g/mol. The molecule has 0 saturated carbocycles. The fourth-order valence-corrected chi connectivity index (χ4v) is 10.4. The van der Waals surface area contributed by atoms with Gasteiger partial charge in [0.05, 0.1) is 9.64 Å². The zero-order valence-electron chi connectivity index (χ0n) is 29.6. The molecule has 52 heavy (non-hydrogen) atoms. The molecule has 7 nitrogen and oxygen atoms in total. The standard InChI is InChI=1S/C43H44N2O5S2/c1-5-17-38(41(47)50-42(2,3)4)44-40(46)39-29-36(30-45(39)52(48,49)37-27-26-31-18-15-16-19-32(31)28-37)51-43(33-20-9-6-10-21-33,34-22-11-7-12-23-34)35-24-13-8-14-25-35/h5-16,18-28,36,38-39H,1,17,29-30H2,2-4H3,(H,44,46)/t36?,38-,39?/m0/s1. The van der Waals surface area contributed by atoms with Gasteiger partial charge in [0.1, 0.15) is 17.7 Å². The largest absolute Gasteiger partial charge is 0.458 e. The van der Waals surface area contributed by atoms with Crippen LogP contribution in [0, 0.1) is 0 Å². The van der Waals surface area contributed by atoms with Gasteiger partial charge in [0.25, 0.3) is 0 Å². The van der Waals surface area contributed by atoms with Gasteiger partial charge in [-0.2, -0.15) is 4.31 Å². The highest BCUT2D eigenvalue weighted by Crippen LogP contribution is 2.52. The predicted octanol–water partition coefficient (Wildman–Crippen LogP) is 8.10. The monoisotopic (exact) mass is 732 g/mol. The summed E-state index contributed by atoms with van der Waals surface area (Å²) in [6.45, 7) is 9.12. The molecule has 5 aromatic carbocycles. The number of fused-ring (bicyclic) bond motifs is 1. The molecule has 0 spiro atoms. The number of thioether (sulfide) groups is 1. The average molecular weight is 733 g/mol. The van der Waals surface area contributed by atoms with Gasteiger partial charge in [-0.15, -0.1) is 18.3 Å². The molecule has 9 heteroatoms. The molecular formula is C43H44N2O5S2. The average Bonchev–Trinajstić information content (AvgIpc) is 3.59. The Labute approximate surface area is 311 Å². The van der Waals surface area contributed by atoms with Gasteiger partial charge in [0.15, 0.2) is 0 Å². The molecule has 0 aromatic heterocycles. The molecule has 6 rings (SSSR count). The molecule has 0 radical (unpaired) electrons. The van der Waals surface area contributed by atoms with E-state index in [0.717, 1.165) is 27.5 Å². The van der Waals surface area contributed by atoms with Gasteiger partial charge < -0.3 is 10.1 Å². The van der Waals surface area contributed by atoms with E-state index in [-0.39, 0.29) is 29.5 Å². The number of rotatable bonds is 12. The van der Waals surface area contributed by atoms with Crippen LogP contribution in [0.5, 0.6) is 0 Å². The van der Waals surface area contributed by atoms with Crippen LogP contribution >= 0.6 is 11.8 Å². The Bertz CT molecular complexity index is 2040. The summed E-state index contributed by atoms with van der Waals surface area (Å²) in [6, 6.07) is 41.0. The van der Waals surface area contributed by atoms with Crippen molar-refractivity contribution in [3.8, 4) is 0 Å². The molecule has 268 valence electrons. The van der Waals surface area contributed by atoms with Crippen LogP contribution in [-0.2, 0) is 29.1 Å². The van der Waals surface area contributed by atoms with E-state index < -0.39 is 44.3 Å². The molecule has 1 aliphatic heterocycles. The third-order valence-corrected chi connectivity index (χ3v) is 12.7. The van der Waals surface area contributed by atoms with Gasteiger partial charge in [-0.25, -0.2) is 13.2 Å². The van der Waals surface area contributed by atoms with Crippen molar-refractivity contribution < 1.29 is 22.7 Å².